The molecule has 3 heteroatoms. The van der Waals surface area contributed by atoms with Gasteiger partial charge < -0.3 is 10.5 Å². The van der Waals surface area contributed by atoms with Crippen molar-refractivity contribution in [1.29, 1.82) is 5.26 Å². The molecule has 0 aliphatic rings. The van der Waals surface area contributed by atoms with Crippen molar-refractivity contribution in [3.8, 4) is 11.8 Å². The summed E-state index contributed by atoms with van der Waals surface area (Å²) in [5.74, 6) is 0.922. The van der Waals surface area contributed by atoms with Crippen LogP contribution in [0.4, 0.5) is 0 Å². The zero-order valence-electron chi connectivity index (χ0n) is 12.2. The molecule has 0 aliphatic heterocycles. The SMILES string of the molecule is Cc1ccc(OCCCC(C)(C)C#N)c(CCN)c1. The highest BCUT2D eigenvalue weighted by Gasteiger charge is 2.15. The van der Waals surface area contributed by atoms with Crippen molar-refractivity contribution in [3.63, 3.8) is 0 Å². The van der Waals surface area contributed by atoms with E-state index < -0.39 is 0 Å². The van der Waals surface area contributed by atoms with Crippen LogP contribution in [0.25, 0.3) is 0 Å². The summed E-state index contributed by atoms with van der Waals surface area (Å²) in [4.78, 5) is 0. The lowest BCUT2D eigenvalue weighted by molar-refractivity contribution is 0.282. The Balaban J connectivity index is 2.51. The van der Waals surface area contributed by atoms with Crippen molar-refractivity contribution in [2.45, 2.75) is 40.0 Å². The van der Waals surface area contributed by atoms with Gasteiger partial charge in [-0.2, -0.15) is 5.26 Å². The standard InChI is InChI=1S/C16H24N2O/c1-13-5-6-15(14(11-13)7-9-17)19-10-4-8-16(2,3)12-18/h5-6,11H,4,7-10,17H2,1-3H3. The lowest BCUT2D eigenvalue weighted by Gasteiger charge is -2.16. The molecule has 1 aromatic carbocycles. The van der Waals surface area contributed by atoms with Gasteiger partial charge in [0.05, 0.1) is 18.1 Å². The van der Waals surface area contributed by atoms with Crippen LogP contribution in [0.5, 0.6) is 5.75 Å². The van der Waals surface area contributed by atoms with Gasteiger partial charge in [0.15, 0.2) is 0 Å². The Kier molecular flexibility index (Phi) is 5.85. The Labute approximate surface area is 116 Å². The third-order valence-corrected chi connectivity index (χ3v) is 3.14. The summed E-state index contributed by atoms with van der Waals surface area (Å²) < 4.78 is 5.82. The minimum Gasteiger partial charge on any atom is -0.493 e. The molecule has 0 atom stereocenters. The van der Waals surface area contributed by atoms with Gasteiger partial charge in [0.25, 0.3) is 0 Å². The molecule has 0 saturated carbocycles. The van der Waals surface area contributed by atoms with Crippen LogP contribution in [0, 0.1) is 23.7 Å². The molecule has 0 aliphatic carbocycles. The van der Waals surface area contributed by atoms with Crippen molar-refractivity contribution in [3.05, 3.63) is 29.3 Å². The molecule has 0 bridgehead atoms. The molecule has 0 spiro atoms. The van der Waals surface area contributed by atoms with Crippen LogP contribution in [0.1, 0.15) is 37.8 Å². The lowest BCUT2D eigenvalue weighted by Crippen LogP contribution is -2.11. The minimum atomic E-state index is -0.267. The van der Waals surface area contributed by atoms with Crippen LogP contribution in [0.3, 0.4) is 0 Å². The van der Waals surface area contributed by atoms with Gasteiger partial charge in [0.1, 0.15) is 5.75 Å². The topological polar surface area (TPSA) is 59.0 Å². The van der Waals surface area contributed by atoms with E-state index in [4.69, 9.17) is 15.7 Å². The predicted octanol–water partition coefficient (Wildman–Crippen LogP) is 3.21. The van der Waals surface area contributed by atoms with Gasteiger partial charge in [-0.25, -0.2) is 0 Å². The van der Waals surface area contributed by atoms with E-state index in [2.05, 4.69) is 25.1 Å². The molecule has 0 saturated heterocycles. The van der Waals surface area contributed by atoms with E-state index in [1.54, 1.807) is 0 Å². The number of rotatable bonds is 7. The fraction of sp³-hybridized carbons (Fsp3) is 0.562. The molecule has 104 valence electrons. The first-order valence-corrected chi connectivity index (χ1v) is 6.82. The molecule has 1 rings (SSSR count). The second-order valence-electron chi connectivity index (χ2n) is 5.60. The number of hydrogen-bond donors (Lipinski definition) is 1. The van der Waals surface area contributed by atoms with Crippen molar-refractivity contribution in [2.75, 3.05) is 13.2 Å². The zero-order chi connectivity index (χ0) is 14.3. The highest BCUT2D eigenvalue weighted by atomic mass is 16.5. The maximum atomic E-state index is 8.95. The third-order valence-electron chi connectivity index (χ3n) is 3.14. The Morgan fingerprint density at radius 2 is 2.11 bits per heavy atom. The van der Waals surface area contributed by atoms with Gasteiger partial charge >= 0.3 is 0 Å². The molecule has 0 aromatic heterocycles. The molecule has 0 fully saturated rings. The molecule has 19 heavy (non-hydrogen) atoms. The number of ether oxygens (including phenoxy) is 1. The molecular formula is C16H24N2O. The Morgan fingerprint density at radius 1 is 1.37 bits per heavy atom. The summed E-state index contributed by atoms with van der Waals surface area (Å²) >= 11 is 0. The first-order chi connectivity index (χ1) is 8.98. The largest absolute Gasteiger partial charge is 0.493 e. The van der Waals surface area contributed by atoms with E-state index in [1.807, 2.05) is 19.9 Å². The van der Waals surface area contributed by atoms with E-state index >= 15 is 0 Å². The van der Waals surface area contributed by atoms with Gasteiger partial charge in [-0.05, 0) is 58.2 Å². The highest BCUT2D eigenvalue weighted by molar-refractivity contribution is 5.37. The quantitative estimate of drug-likeness (QED) is 0.766. The number of aryl methyl sites for hydroxylation is 1. The van der Waals surface area contributed by atoms with Gasteiger partial charge in [0.2, 0.25) is 0 Å². The normalized spacial score (nSPS) is 11.1. The van der Waals surface area contributed by atoms with E-state index in [1.165, 1.54) is 11.1 Å². The van der Waals surface area contributed by atoms with E-state index in [9.17, 15) is 0 Å². The van der Waals surface area contributed by atoms with Crippen LogP contribution >= 0.6 is 0 Å². The van der Waals surface area contributed by atoms with Gasteiger partial charge in [0, 0.05) is 0 Å². The van der Waals surface area contributed by atoms with Crippen molar-refractivity contribution < 1.29 is 4.74 Å². The summed E-state index contributed by atoms with van der Waals surface area (Å²) in [6.45, 7) is 7.25. The number of hydrogen-bond acceptors (Lipinski definition) is 3. The molecule has 0 unspecified atom stereocenters. The maximum absolute atomic E-state index is 8.95. The van der Waals surface area contributed by atoms with Gasteiger partial charge in [-0.15, -0.1) is 0 Å². The van der Waals surface area contributed by atoms with Crippen LogP contribution in [0.15, 0.2) is 18.2 Å². The van der Waals surface area contributed by atoms with E-state index in [0.717, 1.165) is 25.0 Å². The van der Waals surface area contributed by atoms with Crippen LogP contribution < -0.4 is 10.5 Å². The summed E-state index contributed by atoms with van der Waals surface area (Å²) in [5.41, 5.74) is 7.74. The Bertz CT molecular complexity index is 447. The number of nitriles is 1. The molecule has 0 radical (unpaired) electrons. The van der Waals surface area contributed by atoms with Crippen LogP contribution in [0.2, 0.25) is 0 Å². The fourth-order valence-corrected chi connectivity index (χ4v) is 1.95. The first-order valence-electron chi connectivity index (χ1n) is 6.82. The second-order valence-corrected chi connectivity index (χ2v) is 5.60. The molecule has 1 aromatic rings. The average Bonchev–Trinajstić information content (AvgIpc) is 2.37. The number of benzene rings is 1. The summed E-state index contributed by atoms with van der Waals surface area (Å²) in [5, 5.41) is 8.95. The van der Waals surface area contributed by atoms with E-state index in [0.29, 0.717) is 13.2 Å². The van der Waals surface area contributed by atoms with E-state index in [-0.39, 0.29) is 5.41 Å². The van der Waals surface area contributed by atoms with Gasteiger partial charge in [-0.1, -0.05) is 17.7 Å². The maximum Gasteiger partial charge on any atom is 0.122 e. The number of nitrogens with zero attached hydrogens (tertiary/aromatic N) is 1. The van der Waals surface area contributed by atoms with Gasteiger partial charge in [-0.3, -0.25) is 0 Å². The minimum absolute atomic E-state index is 0.267. The Hall–Kier alpha value is -1.53. The summed E-state index contributed by atoms with van der Waals surface area (Å²) in [6, 6.07) is 8.49. The average molecular weight is 260 g/mol. The summed E-state index contributed by atoms with van der Waals surface area (Å²) in [7, 11) is 0. The molecule has 0 amide bonds. The molecule has 0 heterocycles. The fourth-order valence-electron chi connectivity index (χ4n) is 1.95. The molecule has 3 nitrogen and oxygen atoms in total. The number of nitrogens with two attached hydrogens (primary N) is 1. The second kappa shape index (κ2) is 7.16. The zero-order valence-corrected chi connectivity index (χ0v) is 12.2. The third kappa shape index (κ3) is 5.32. The lowest BCUT2D eigenvalue weighted by atomic mass is 9.90. The smallest absolute Gasteiger partial charge is 0.122 e. The highest BCUT2D eigenvalue weighted by Crippen LogP contribution is 2.23. The Morgan fingerprint density at radius 3 is 2.74 bits per heavy atom. The molecule has 2 N–H and O–H groups in total. The first kappa shape index (κ1) is 15.5. The van der Waals surface area contributed by atoms with Crippen molar-refractivity contribution >= 4 is 0 Å². The van der Waals surface area contributed by atoms with Crippen LogP contribution in [-0.2, 0) is 6.42 Å². The summed E-state index contributed by atoms with van der Waals surface area (Å²) in [6.07, 6.45) is 2.57. The molecular weight excluding hydrogens is 236 g/mol. The monoisotopic (exact) mass is 260 g/mol. The van der Waals surface area contributed by atoms with Crippen molar-refractivity contribution in [1.82, 2.24) is 0 Å². The van der Waals surface area contributed by atoms with Crippen LogP contribution in [-0.4, -0.2) is 13.2 Å². The van der Waals surface area contributed by atoms with Crippen molar-refractivity contribution in [2.24, 2.45) is 11.1 Å². The predicted molar refractivity (Wildman–Crippen MR) is 78.1 cm³/mol.